The van der Waals surface area contributed by atoms with E-state index in [4.69, 9.17) is 9.47 Å². The minimum absolute atomic E-state index is 0.313. The molecule has 0 radical (unpaired) electrons. The highest BCUT2D eigenvalue weighted by atomic mass is 16.6. The van der Waals surface area contributed by atoms with Crippen LogP contribution in [0.3, 0.4) is 0 Å². The molecule has 0 aliphatic heterocycles. The van der Waals surface area contributed by atoms with Crippen LogP contribution >= 0.6 is 0 Å². The normalized spacial score (nSPS) is 19.2. The van der Waals surface area contributed by atoms with Gasteiger partial charge in [0.2, 0.25) is 0 Å². The Kier molecular flexibility index (Phi) is 6.20. The van der Waals surface area contributed by atoms with Gasteiger partial charge in [-0.05, 0) is 46.5 Å². The van der Waals surface area contributed by atoms with Crippen LogP contribution in [0.5, 0.6) is 0 Å². The van der Waals surface area contributed by atoms with Crippen molar-refractivity contribution in [2.75, 3.05) is 13.7 Å². The number of aliphatic carboxylic acids is 1. The highest BCUT2D eigenvalue weighted by molar-refractivity contribution is 5.78. The molecule has 0 bridgehead atoms. The number of carboxylic acid groups (broad SMARTS) is 1. The lowest BCUT2D eigenvalue weighted by atomic mass is 9.77. The van der Waals surface area contributed by atoms with Crippen LogP contribution in [-0.4, -0.2) is 36.4 Å². The van der Waals surface area contributed by atoms with E-state index in [1.165, 1.54) is 0 Å². The second-order valence-electron chi connectivity index (χ2n) is 7.01. The maximum atomic E-state index is 12.3. The van der Waals surface area contributed by atoms with E-state index in [1.807, 2.05) is 20.8 Å². The van der Waals surface area contributed by atoms with Crippen molar-refractivity contribution in [3.63, 3.8) is 0 Å². The first-order valence-corrected chi connectivity index (χ1v) is 7.65. The molecule has 0 aromatic rings. The van der Waals surface area contributed by atoms with Crippen molar-refractivity contribution in [2.24, 2.45) is 11.3 Å². The van der Waals surface area contributed by atoms with E-state index >= 15 is 0 Å². The molecule has 5 nitrogen and oxygen atoms in total. The van der Waals surface area contributed by atoms with Gasteiger partial charge >= 0.3 is 11.9 Å². The molecule has 1 rings (SSSR count). The van der Waals surface area contributed by atoms with Crippen LogP contribution in [0.15, 0.2) is 0 Å². The minimum Gasteiger partial charge on any atom is -0.481 e. The molecule has 1 fully saturated rings. The van der Waals surface area contributed by atoms with Crippen LogP contribution in [-0.2, 0) is 19.1 Å². The Bertz CT molecular complexity index is 363. The minimum atomic E-state index is -0.786. The quantitative estimate of drug-likeness (QED) is 0.732. The molecule has 0 aromatic carbocycles. The average Bonchev–Trinajstić information content (AvgIpc) is 2.82. The van der Waals surface area contributed by atoms with E-state index in [0.29, 0.717) is 32.3 Å². The summed E-state index contributed by atoms with van der Waals surface area (Å²) in [5.74, 6) is -1.52. The molecular formula is C16H28O5. The maximum Gasteiger partial charge on any atom is 0.309 e. The number of carbonyl (C=O) groups excluding carboxylic acids is 1. The lowest BCUT2D eigenvalue weighted by molar-refractivity contribution is -0.163. The Morgan fingerprint density at radius 3 is 2.24 bits per heavy atom. The highest BCUT2D eigenvalue weighted by Gasteiger charge is 2.44. The van der Waals surface area contributed by atoms with Crippen molar-refractivity contribution in [1.82, 2.24) is 0 Å². The molecule has 1 atom stereocenters. The fourth-order valence-corrected chi connectivity index (χ4v) is 2.98. The summed E-state index contributed by atoms with van der Waals surface area (Å²) in [4.78, 5) is 24.0. The second kappa shape index (κ2) is 7.25. The number of hydrogen-bond donors (Lipinski definition) is 1. The predicted octanol–water partition coefficient (Wildman–Crippen LogP) is 3.02. The van der Waals surface area contributed by atoms with E-state index in [1.54, 1.807) is 7.11 Å². The predicted molar refractivity (Wildman–Crippen MR) is 79.0 cm³/mol. The van der Waals surface area contributed by atoms with Gasteiger partial charge in [0.15, 0.2) is 0 Å². The van der Waals surface area contributed by atoms with E-state index < -0.39 is 22.9 Å². The van der Waals surface area contributed by atoms with Crippen molar-refractivity contribution >= 4 is 11.9 Å². The summed E-state index contributed by atoms with van der Waals surface area (Å²) in [6.45, 7) is 5.89. The first kappa shape index (κ1) is 18.0. The third-order valence-corrected chi connectivity index (χ3v) is 4.06. The lowest BCUT2D eigenvalue weighted by Gasteiger charge is -2.30. The molecule has 0 unspecified atom stereocenters. The summed E-state index contributed by atoms with van der Waals surface area (Å²) in [6.07, 6.45) is 3.97. The molecule has 0 amide bonds. The van der Waals surface area contributed by atoms with Gasteiger partial charge in [0.05, 0.1) is 11.3 Å². The van der Waals surface area contributed by atoms with Gasteiger partial charge in [-0.15, -0.1) is 0 Å². The first-order chi connectivity index (χ1) is 9.70. The van der Waals surface area contributed by atoms with Crippen molar-refractivity contribution in [3.8, 4) is 0 Å². The lowest BCUT2D eigenvalue weighted by Crippen LogP contribution is -2.36. The molecule has 0 aromatic heterocycles. The van der Waals surface area contributed by atoms with Crippen molar-refractivity contribution < 1.29 is 24.2 Å². The number of ether oxygens (including phenoxy) is 2. The second-order valence-corrected chi connectivity index (χ2v) is 7.01. The van der Waals surface area contributed by atoms with Gasteiger partial charge in [-0.25, -0.2) is 0 Å². The van der Waals surface area contributed by atoms with Crippen LogP contribution in [0.1, 0.15) is 59.3 Å². The van der Waals surface area contributed by atoms with Gasteiger partial charge in [-0.1, -0.05) is 12.8 Å². The van der Waals surface area contributed by atoms with Gasteiger partial charge in [0, 0.05) is 13.7 Å². The van der Waals surface area contributed by atoms with Gasteiger partial charge in [-0.2, -0.15) is 0 Å². The number of rotatable bonds is 7. The molecule has 5 heteroatoms. The Morgan fingerprint density at radius 2 is 1.81 bits per heavy atom. The largest absolute Gasteiger partial charge is 0.481 e. The smallest absolute Gasteiger partial charge is 0.309 e. The summed E-state index contributed by atoms with van der Waals surface area (Å²) in [5, 5.41) is 9.57. The van der Waals surface area contributed by atoms with Crippen LogP contribution in [0.4, 0.5) is 0 Å². The topological polar surface area (TPSA) is 72.8 Å². The van der Waals surface area contributed by atoms with E-state index in [2.05, 4.69) is 0 Å². The summed E-state index contributed by atoms with van der Waals surface area (Å²) < 4.78 is 10.5. The summed E-state index contributed by atoms with van der Waals surface area (Å²) in [7, 11) is 1.58. The van der Waals surface area contributed by atoms with Gasteiger partial charge in [0.25, 0.3) is 0 Å². The molecule has 0 spiro atoms. The zero-order valence-corrected chi connectivity index (χ0v) is 13.6. The summed E-state index contributed by atoms with van der Waals surface area (Å²) >= 11 is 0. The zero-order valence-electron chi connectivity index (χ0n) is 13.6. The van der Waals surface area contributed by atoms with Gasteiger partial charge in [-0.3, -0.25) is 9.59 Å². The van der Waals surface area contributed by atoms with Crippen LogP contribution in [0, 0.1) is 11.3 Å². The Balaban J connectivity index is 2.81. The van der Waals surface area contributed by atoms with E-state index in [9.17, 15) is 14.7 Å². The zero-order chi connectivity index (χ0) is 16.1. The molecular weight excluding hydrogens is 272 g/mol. The molecule has 0 heterocycles. The number of carbonyl (C=O) groups is 2. The van der Waals surface area contributed by atoms with E-state index in [-0.39, 0.29) is 5.97 Å². The third kappa shape index (κ3) is 5.30. The van der Waals surface area contributed by atoms with Crippen molar-refractivity contribution in [2.45, 2.75) is 64.9 Å². The summed E-state index contributed by atoms with van der Waals surface area (Å²) in [6, 6.07) is 0. The number of methoxy groups -OCH3 is 1. The highest BCUT2D eigenvalue weighted by Crippen LogP contribution is 2.44. The number of hydrogen-bond acceptors (Lipinski definition) is 4. The monoisotopic (exact) mass is 300 g/mol. The molecule has 21 heavy (non-hydrogen) atoms. The molecule has 1 aliphatic carbocycles. The Hall–Kier alpha value is -1.10. The SMILES string of the molecule is COCC[C@H](CC1(C(=O)O)CCCC1)C(=O)OC(C)(C)C. The molecule has 1 saturated carbocycles. The molecule has 1 aliphatic rings. The Labute approximate surface area is 127 Å². The fourth-order valence-electron chi connectivity index (χ4n) is 2.98. The average molecular weight is 300 g/mol. The van der Waals surface area contributed by atoms with Crippen LogP contribution in [0.25, 0.3) is 0 Å². The van der Waals surface area contributed by atoms with Crippen molar-refractivity contribution in [1.29, 1.82) is 0 Å². The Morgan fingerprint density at radius 1 is 1.24 bits per heavy atom. The number of esters is 1. The summed E-state index contributed by atoms with van der Waals surface area (Å²) in [5.41, 5.74) is -1.33. The third-order valence-electron chi connectivity index (χ3n) is 4.06. The molecule has 122 valence electrons. The first-order valence-electron chi connectivity index (χ1n) is 7.65. The maximum absolute atomic E-state index is 12.3. The van der Waals surface area contributed by atoms with E-state index in [0.717, 1.165) is 12.8 Å². The van der Waals surface area contributed by atoms with Crippen LogP contribution in [0.2, 0.25) is 0 Å². The van der Waals surface area contributed by atoms with Gasteiger partial charge < -0.3 is 14.6 Å². The standard InChI is InChI=1S/C16H28O5/c1-15(2,3)21-13(17)12(7-10-20-4)11-16(14(18)19)8-5-6-9-16/h12H,5-11H2,1-4H3,(H,18,19)/t12-/m1/s1. The molecule has 0 saturated heterocycles. The fraction of sp³-hybridized carbons (Fsp3) is 0.875. The van der Waals surface area contributed by atoms with Crippen LogP contribution < -0.4 is 0 Å². The van der Waals surface area contributed by atoms with Crippen molar-refractivity contribution in [3.05, 3.63) is 0 Å². The molecule has 1 N–H and O–H groups in total. The number of carboxylic acids is 1. The van der Waals surface area contributed by atoms with Gasteiger partial charge in [0.1, 0.15) is 5.60 Å².